The van der Waals surface area contributed by atoms with E-state index in [1.54, 1.807) is 0 Å². The van der Waals surface area contributed by atoms with Crippen molar-refractivity contribution in [1.29, 1.82) is 0 Å². The maximum absolute atomic E-state index is 6.29. The number of fused-ring (bicyclic) bond motifs is 1. The average molecular weight is 303 g/mol. The van der Waals surface area contributed by atoms with E-state index >= 15 is 0 Å². The molecule has 3 nitrogen and oxygen atoms in total. The van der Waals surface area contributed by atoms with Gasteiger partial charge in [-0.15, -0.1) is 0 Å². The van der Waals surface area contributed by atoms with Gasteiger partial charge in [0.05, 0.1) is 12.2 Å². The van der Waals surface area contributed by atoms with Crippen LogP contribution in [0, 0.1) is 0 Å². The quantitative estimate of drug-likeness (QED) is 0.849. The fourth-order valence-electron chi connectivity index (χ4n) is 2.72. The molecule has 21 heavy (non-hydrogen) atoms. The minimum absolute atomic E-state index is 0.246. The Balaban J connectivity index is 1.98. The summed E-state index contributed by atoms with van der Waals surface area (Å²) in [4.78, 5) is 2.27. The molecule has 1 aliphatic rings. The van der Waals surface area contributed by atoms with Crippen molar-refractivity contribution in [1.82, 2.24) is 0 Å². The van der Waals surface area contributed by atoms with Gasteiger partial charge in [-0.3, -0.25) is 0 Å². The summed E-state index contributed by atoms with van der Waals surface area (Å²) in [5.74, 6) is 0.868. The van der Waals surface area contributed by atoms with Crippen LogP contribution in [-0.4, -0.2) is 12.1 Å². The fourth-order valence-corrected chi connectivity index (χ4v) is 2.91. The highest BCUT2D eigenvalue weighted by atomic mass is 35.5. The third kappa shape index (κ3) is 2.93. The van der Waals surface area contributed by atoms with Gasteiger partial charge in [-0.2, -0.15) is 0 Å². The summed E-state index contributed by atoms with van der Waals surface area (Å²) < 4.78 is 6.04. The second-order valence-electron chi connectivity index (χ2n) is 6.04. The molecule has 4 heteroatoms. The zero-order valence-electron chi connectivity index (χ0n) is 12.3. The molecular formula is C17H19ClN2O. The summed E-state index contributed by atoms with van der Waals surface area (Å²) in [7, 11) is 0. The zero-order valence-corrected chi connectivity index (χ0v) is 13.0. The molecule has 1 heterocycles. The highest BCUT2D eigenvalue weighted by Crippen LogP contribution is 2.39. The minimum atomic E-state index is -0.246. The fraction of sp³-hybridized carbons (Fsp3) is 0.294. The van der Waals surface area contributed by atoms with Crippen LogP contribution in [0.15, 0.2) is 42.5 Å². The summed E-state index contributed by atoms with van der Waals surface area (Å²) in [6, 6.07) is 13.7. The van der Waals surface area contributed by atoms with E-state index < -0.39 is 0 Å². The van der Waals surface area contributed by atoms with Gasteiger partial charge in [-0.1, -0.05) is 29.8 Å². The van der Waals surface area contributed by atoms with Crippen molar-refractivity contribution in [3.05, 3.63) is 53.1 Å². The molecule has 0 fully saturated rings. The van der Waals surface area contributed by atoms with E-state index in [2.05, 4.69) is 24.8 Å². The average Bonchev–Trinajstić information content (AvgIpc) is 2.41. The molecule has 3 rings (SSSR count). The number of nitrogens with zero attached hydrogens (tertiary/aromatic N) is 1. The number of nitrogens with two attached hydrogens (primary N) is 1. The largest absolute Gasteiger partial charge is 0.484 e. The molecule has 2 aromatic carbocycles. The molecule has 1 aliphatic heterocycles. The van der Waals surface area contributed by atoms with Crippen molar-refractivity contribution in [3.8, 4) is 5.75 Å². The van der Waals surface area contributed by atoms with Crippen molar-refractivity contribution < 1.29 is 4.74 Å². The number of nitrogen functional groups attached to an aromatic ring is 1. The number of benzene rings is 2. The van der Waals surface area contributed by atoms with E-state index in [1.807, 2.05) is 36.4 Å². The van der Waals surface area contributed by atoms with Crippen LogP contribution >= 0.6 is 11.6 Å². The van der Waals surface area contributed by atoms with E-state index in [0.717, 1.165) is 40.8 Å². The van der Waals surface area contributed by atoms with E-state index in [4.69, 9.17) is 22.1 Å². The Morgan fingerprint density at radius 3 is 2.76 bits per heavy atom. The lowest BCUT2D eigenvalue weighted by Gasteiger charge is -2.41. The summed E-state index contributed by atoms with van der Waals surface area (Å²) in [5.41, 5.74) is 8.54. The normalized spacial score (nSPS) is 16.2. The summed E-state index contributed by atoms with van der Waals surface area (Å²) in [6.07, 6.45) is 0. The summed E-state index contributed by atoms with van der Waals surface area (Å²) in [6.45, 7) is 5.70. The lowest BCUT2D eigenvalue weighted by molar-refractivity contribution is 0.104. The van der Waals surface area contributed by atoms with Crippen LogP contribution in [-0.2, 0) is 6.54 Å². The van der Waals surface area contributed by atoms with Gasteiger partial charge in [0.2, 0.25) is 0 Å². The molecule has 0 unspecified atom stereocenters. The molecule has 0 bridgehead atoms. The standard InChI is InChI=1S/C17H19ClN2O/c1-17(2)11-20(10-12-5-3-4-6-14(12)18)15-9-13(19)7-8-16(15)21-17/h3-9H,10-11,19H2,1-2H3. The van der Waals surface area contributed by atoms with Gasteiger partial charge >= 0.3 is 0 Å². The highest BCUT2D eigenvalue weighted by Gasteiger charge is 2.31. The predicted molar refractivity (Wildman–Crippen MR) is 88.1 cm³/mol. The Hall–Kier alpha value is -1.87. The Morgan fingerprint density at radius 2 is 2.00 bits per heavy atom. The first-order valence-electron chi connectivity index (χ1n) is 7.01. The Morgan fingerprint density at radius 1 is 1.24 bits per heavy atom. The van der Waals surface area contributed by atoms with Crippen LogP contribution in [0.2, 0.25) is 5.02 Å². The molecule has 110 valence electrons. The number of hydrogen-bond donors (Lipinski definition) is 1. The molecular weight excluding hydrogens is 284 g/mol. The topological polar surface area (TPSA) is 38.5 Å². The van der Waals surface area contributed by atoms with Crippen molar-refractivity contribution in [2.24, 2.45) is 0 Å². The van der Waals surface area contributed by atoms with Crippen LogP contribution in [0.5, 0.6) is 5.75 Å². The van der Waals surface area contributed by atoms with Crippen molar-refractivity contribution in [2.75, 3.05) is 17.2 Å². The Bertz CT molecular complexity index is 670. The first kappa shape index (κ1) is 14.1. The van der Waals surface area contributed by atoms with Gasteiger partial charge in [0.15, 0.2) is 0 Å². The van der Waals surface area contributed by atoms with Crippen LogP contribution < -0.4 is 15.4 Å². The van der Waals surface area contributed by atoms with Gasteiger partial charge in [0.1, 0.15) is 11.4 Å². The lowest BCUT2D eigenvalue weighted by Crippen LogP contribution is -2.46. The van der Waals surface area contributed by atoms with E-state index in [1.165, 1.54) is 0 Å². The molecule has 0 amide bonds. The Kier molecular flexibility index (Phi) is 3.46. The summed E-state index contributed by atoms with van der Waals surface area (Å²) >= 11 is 6.29. The number of ether oxygens (including phenoxy) is 1. The van der Waals surface area contributed by atoms with Gasteiger partial charge in [-0.05, 0) is 43.7 Å². The molecule has 0 spiro atoms. The van der Waals surface area contributed by atoms with Crippen LogP contribution in [0.1, 0.15) is 19.4 Å². The number of rotatable bonds is 2. The Labute approximate surface area is 130 Å². The lowest BCUT2D eigenvalue weighted by atomic mass is 10.0. The van der Waals surface area contributed by atoms with E-state index in [-0.39, 0.29) is 5.60 Å². The highest BCUT2D eigenvalue weighted by molar-refractivity contribution is 6.31. The summed E-state index contributed by atoms with van der Waals surface area (Å²) in [5, 5.41) is 0.784. The van der Waals surface area contributed by atoms with Gasteiger partial charge in [0, 0.05) is 17.3 Å². The third-order valence-corrected chi connectivity index (χ3v) is 3.97. The zero-order chi connectivity index (χ0) is 15.0. The van der Waals surface area contributed by atoms with Crippen molar-refractivity contribution in [3.63, 3.8) is 0 Å². The molecule has 0 atom stereocenters. The van der Waals surface area contributed by atoms with E-state index in [9.17, 15) is 0 Å². The smallest absolute Gasteiger partial charge is 0.143 e. The second kappa shape index (κ2) is 5.15. The number of hydrogen-bond acceptors (Lipinski definition) is 3. The van der Waals surface area contributed by atoms with Gasteiger partial charge < -0.3 is 15.4 Å². The molecule has 2 N–H and O–H groups in total. The van der Waals surface area contributed by atoms with Crippen molar-refractivity contribution >= 4 is 23.0 Å². The van der Waals surface area contributed by atoms with Gasteiger partial charge in [-0.25, -0.2) is 0 Å². The predicted octanol–water partition coefficient (Wildman–Crippen LogP) is 4.10. The minimum Gasteiger partial charge on any atom is -0.484 e. The molecule has 0 radical (unpaired) electrons. The monoisotopic (exact) mass is 302 g/mol. The van der Waals surface area contributed by atoms with Gasteiger partial charge in [0.25, 0.3) is 0 Å². The molecule has 0 aromatic heterocycles. The molecule has 2 aromatic rings. The van der Waals surface area contributed by atoms with Crippen molar-refractivity contribution in [2.45, 2.75) is 26.0 Å². The SMILES string of the molecule is CC1(C)CN(Cc2ccccc2Cl)c2cc(N)ccc2O1. The number of anilines is 2. The number of halogens is 1. The van der Waals surface area contributed by atoms with E-state index in [0.29, 0.717) is 0 Å². The molecule has 0 saturated heterocycles. The second-order valence-corrected chi connectivity index (χ2v) is 6.44. The first-order chi connectivity index (χ1) is 9.94. The maximum atomic E-state index is 6.29. The molecule has 0 aliphatic carbocycles. The maximum Gasteiger partial charge on any atom is 0.143 e. The van der Waals surface area contributed by atoms with Crippen LogP contribution in [0.25, 0.3) is 0 Å². The third-order valence-electron chi connectivity index (χ3n) is 3.60. The van der Waals surface area contributed by atoms with Crippen LogP contribution in [0.4, 0.5) is 11.4 Å². The molecule has 0 saturated carbocycles. The van der Waals surface area contributed by atoms with Crippen LogP contribution in [0.3, 0.4) is 0 Å². The first-order valence-corrected chi connectivity index (χ1v) is 7.39.